The Kier molecular flexibility index (Phi) is 5.88. The maximum Gasteiger partial charge on any atom is 0.161 e. The van der Waals surface area contributed by atoms with Gasteiger partial charge in [-0.3, -0.25) is 0 Å². The van der Waals surface area contributed by atoms with Gasteiger partial charge in [-0.05, 0) is 45.9 Å². The third-order valence-electron chi connectivity index (χ3n) is 4.37. The van der Waals surface area contributed by atoms with Crippen LogP contribution in [0.25, 0.3) is 0 Å². The van der Waals surface area contributed by atoms with Gasteiger partial charge in [0.1, 0.15) is 0 Å². The summed E-state index contributed by atoms with van der Waals surface area (Å²) >= 11 is 0. The molecule has 1 aliphatic rings. The minimum atomic E-state index is 0.176. The fourth-order valence-corrected chi connectivity index (χ4v) is 3.03. The lowest BCUT2D eigenvalue weighted by molar-refractivity contribution is 0.0512. The van der Waals surface area contributed by atoms with Gasteiger partial charge in [0.25, 0.3) is 0 Å². The number of hydrogen-bond acceptors (Lipinski definition) is 4. The lowest BCUT2D eigenvalue weighted by atomic mass is 9.78. The van der Waals surface area contributed by atoms with E-state index >= 15 is 0 Å². The van der Waals surface area contributed by atoms with Crippen molar-refractivity contribution in [3.63, 3.8) is 0 Å². The fourth-order valence-electron chi connectivity index (χ4n) is 3.03. The van der Waals surface area contributed by atoms with E-state index in [2.05, 4.69) is 12.2 Å². The van der Waals surface area contributed by atoms with Gasteiger partial charge in [0.2, 0.25) is 0 Å². The predicted molar refractivity (Wildman–Crippen MR) is 84.1 cm³/mol. The molecule has 0 aromatic heterocycles. The molecule has 0 aliphatic carbocycles. The Morgan fingerprint density at radius 3 is 2.57 bits per heavy atom. The number of benzene rings is 1. The highest BCUT2D eigenvalue weighted by atomic mass is 16.5. The van der Waals surface area contributed by atoms with Crippen LogP contribution in [-0.4, -0.2) is 39.5 Å². The third kappa shape index (κ3) is 3.89. The zero-order valence-electron chi connectivity index (χ0n) is 13.4. The zero-order valence-corrected chi connectivity index (χ0v) is 13.4. The van der Waals surface area contributed by atoms with Crippen molar-refractivity contribution in [2.75, 3.05) is 33.4 Å². The van der Waals surface area contributed by atoms with E-state index in [4.69, 9.17) is 14.2 Å². The van der Waals surface area contributed by atoms with Gasteiger partial charge >= 0.3 is 0 Å². The van der Waals surface area contributed by atoms with Crippen LogP contribution >= 0.6 is 0 Å². The first-order valence-electron chi connectivity index (χ1n) is 7.82. The number of nitrogens with one attached hydrogen (secondary N) is 1. The molecule has 4 nitrogen and oxygen atoms in total. The highest BCUT2D eigenvalue weighted by Crippen LogP contribution is 2.38. The number of hydrogen-bond donors (Lipinski definition) is 1. The van der Waals surface area contributed by atoms with Crippen molar-refractivity contribution in [3.05, 3.63) is 24.3 Å². The molecule has 118 valence electrons. The second-order valence-corrected chi connectivity index (χ2v) is 5.63. The van der Waals surface area contributed by atoms with Crippen LogP contribution in [0.5, 0.6) is 11.5 Å². The van der Waals surface area contributed by atoms with E-state index in [1.54, 1.807) is 0 Å². The van der Waals surface area contributed by atoms with Crippen LogP contribution in [0, 0.1) is 5.41 Å². The summed E-state index contributed by atoms with van der Waals surface area (Å²) in [5.41, 5.74) is 0.176. The summed E-state index contributed by atoms with van der Waals surface area (Å²) in [6.07, 6.45) is 2.34. The Morgan fingerprint density at radius 2 is 2.00 bits per heavy atom. The normalized spacial score (nSPS) is 25.0. The molecule has 0 amide bonds. The van der Waals surface area contributed by atoms with Crippen LogP contribution in [0.4, 0.5) is 0 Å². The molecule has 1 heterocycles. The van der Waals surface area contributed by atoms with E-state index in [1.807, 2.05) is 38.2 Å². The van der Waals surface area contributed by atoms with Gasteiger partial charge in [-0.25, -0.2) is 0 Å². The average molecular weight is 293 g/mol. The standard InChI is InChI=1S/C17H27NO3/c1-4-19-15-7-5-6-8-16(15)21-12-10-17(13-18-3)9-11-20-14(17)2/h5-8,14,18H,4,9-13H2,1-3H3. The molecule has 1 N–H and O–H groups in total. The summed E-state index contributed by atoms with van der Waals surface area (Å²) in [6.45, 7) is 7.28. The molecular formula is C17H27NO3. The van der Waals surface area contributed by atoms with Crippen LogP contribution in [0.15, 0.2) is 24.3 Å². The van der Waals surface area contributed by atoms with Gasteiger partial charge in [-0.15, -0.1) is 0 Å². The second-order valence-electron chi connectivity index (χ2n) is 5.63. The molecule has 2 atom stereocenters. The zero-order chi connectivity index (χ0) is 15.1. The molecule has 4 heteroatoms. The van der Waals surface area contributed by atoms with Gasteiger partial charge in [0.15, 0.2) is 11.5 Å². The van der Waals surface area contributed by atoms with Gasteiger partial charge in [0.05, 0.1) is 19.3 Å². The van der Waals surface area contributed by atoms with Crippen LogP contribution in [0.3, 0.4) is 0 Å². The SMILES string of the molecule is CCOc1ccccc1OCCC1(CNC)CCOC1C. The molecule has 0 spiro atoms. The first-order valence-corrected chi connectivity index (χ1v) is 7.82. The first kappa shape index (κ1) is 16.1. The largest absolute Gasteiger partial charge is 0.490 e. The van der Waals surface area contributed by atoms with Crippen molar-refractivity contribution in [3.8, 4) is 11.5 Å². The molecule has 0 saturated carbocycles. The predicted octanol–water partition coefficient (Wildman–Crippen LogP) is 2.87. The molecule has 1 aromatic rings. The van der Waals surface area contributed by atoms with Crippen LogP contribution in [0.2, 0.25) is 0 Å². The van der Waals surface area contributed by atoms with Gasteiger partial charge in [0, 0.05) is 18.6 Å². The van der Waals surface area contributed by atoms with E-state index in [-0.39, 0.29) is 11.5 Å². The summed E-state index contributed by atoms with van der Waals surface area (Å²) in [5, 5.41) is 3.30. The van der Waals surface area contributed by atoms with Crippen molar-refractivity contribution in [2.45, 2.75) is 32.8 Å². The van der Waals surface area contributed by atoms with Crippen molar-refractivity contribution in [1.82, 2.24) is 5.32 Å². The number of ether oxygens (including phenoxy) is 3. The van der Waals surface area contributed by atoms with Crippen LogP contribution in [-0.2, 0) is 4.74 Å². The van der Waals surface area contributed by atoms with E-state index in [1.165, 1.54) is 0 Å². The monoisotopic (exact) mass is 293 g/mol. The Labute approximate surface area is 127 Å². The molecular weight excluding hydrogens is 266 g/mol. The topological polar surface area (TPSA) is 39.7 Å². The molecule has 0 radical (unpaired) electrons. The minimum Gasteiger partial charge on any atom is -0.490 e. The second kappa shape index (κ2) is 7.66. The molecule has 0 bridgehead atoms. The van der Waals surface area contributed by atoms with Crippen LogP contribution in [0.1, 0.15) is 26.7 Å². The molecule has 21 heavy (non-hydrogen) atoms. The summed E-state index contributed by atoms with van der Waals surface area (Å²) in [7, 11) is 2.00. The highest BCUT2D eigenvalue weighted by molar-refractivity contribution is 5.39. The van der Waals surface area contributed by atoms with Crippen molar-refractivity contribution >= 4 is 0 Å². The molecule has 1 fully saturated rings. The molecule has 2 rings (SSSR count). The summed E-state index contributed by atoms with van der Waals surface area (Å²) in [4.78, 5) is 0. The van der Waals surface area contributed by atoms with Gasteiger partial charge in [-0.1, -0.05) is 12.1 Å². The summed E-state index contributed by atoms with van der Waals surface area (Å²) in [5.74, 6) is 1.64. The Hall–Kier alpha value is -1.26. The Bertz CT molecular complexity index is 438. The first-order chi connectivity index (χ1) is 10.2. The van der Waals surface area contributed by atoms with Crippen molar-refractivity contribution in [1.29, 1.82) is 0 Å². The van der Waals surface area contributed by atoms with Gasteiger partial charge < -0.3 is 19.5 Å². The molecule has 2 unspecified atom stereocenters. The maximum absolute atomic E-state index is 5.96. The summed E-state index contributed by atoms with van der Waals surface area (Å²) in [6, 6.07) is 7.85. The molecule has 1 aromatic carbocycles. The Balaban J connectivity index is 1.94. The average Bonchev–Trinajstić information content (AvgIpc) is 2.83. The quantitative estimate of drug-likeness (QED) is 0.800. The highest BCUT2D eigenvalue weighted by Gasteiger charge is 2.40. The van der Waals surface area contributed by atoms with Gasteiger partial charge in [-0.2, -0.15) is 0 Å². The maximum atomic E-state index is 5.96. The number of rotatable bonds is 8. The van der Waals surface area contributed by atoms with Crippen LogP contribution < -0.4 is 14.8 Å². The lowest BCUT2D eigenvalue weighted by Gasteiger charge is -2.32. The van der Waals surface area contributed by atoms with Crippen molar-refractivity contribution < 1.29 is 14.2 Å². The minimum absolute atomic E-state index is 0.176. The summed E-state index contributed by atoms with van der Waals surface area (Å²) < 4.78 is 17.3. The third-order valence-corrected chi connectivity index (χ3v) is 4.37. The molecule has 1 saturated heterocycles. The van der Waals surface area contributed by atoms with E-state index in [0.717, 1.165) is 37.5 Å². The van der Waals surface area contributed by atoms with E-state index in [9.17, 15) is 0 Å². The number of para-hydroxylation sites is 2. The van der Waals surface area contributed by atoms with E-state index < -0.39 is 0 Å². The Morgan fingerprint density at radius 1 is 1.29 bits per heavy atom. The lowest BCUT2D eigenvalue weighted by Crippen LogP contribution is -2.39. The van der Waals surface area contributed by atoms with E-state index in [0.29, 0.717) is 13.2 Å². The smallest absolute Gasteiger partial charge is 0.161 e. The van der Waals surface area contributed by atoms with Crippen molar-refractivity contribution in [2.24, 2.45) is 5.41 Å². The fraction of sp³-hybridized carbons (Fsp3) is 0.647. The molecule has 1 aliphatic heterocycles.